The first-order valence-electron chi connectivity index (χ1n) is 7.08. The molecule has 112 valence electrons. The van der Waals surface area contributed by atoms with E-state index in [0.717, 1.165) is 31.6 Å². The Hall–Kier alpha value is -1.59. The summed E-state index contributed by atoms with van der Waals surface area (Å²) in [6.45, 7) is 2.10. The van der Waals surface area contributed by atoms with Crippen molar-refractivity contribution in [2.24, 2.45) is 0 Å². The van der Waals surface area contributed by atoms with E-state index in [0.29, 0.717) is 22.3 Å². The van der Waals surface area contributed by atoms with Crippen LogP contribution < -0.4 is 10.2 Å². The number of halogens is 1. The summed E-state index contributed by atoms with van der Waals surface area (Å²) >= 11 is 6.32. The van der Waals surface area contributed by atoms with Gasteiger partial charge in [0.15, 0.2) is 0 Å². The maximum absolute atomic E-state index is 11.7. The Labute approximate surface area is 128 Å². The summed E-state index contributed by atoms with van der Waals surface area (Å²) in [4.78, 5) is 27.6. The smallest absolute Gasteiger partial charge is 0.296 e. The zero-order valence-corrected chi connectivity index (χ0v) is 12.9. The molecule has 0 radical (unpaired) electrons. The van der Waals surface area contributed by atoms with E-state index in [1.54, 1.807) is 12.1 Å². The lowest BCUT2D eigenvalue weighted by molar-refractivity contribution is -0.112. The monoisotopic (exact) mass is 307 g/mol. The summed E-state index contributed by atoms with van der Waals surface area (Å²) in [7, 11) is 4.12. The number of anilines is 2. The van der Waals surface area contributed by atoms with Gasteiger partial charge in [0.25, 0.3) is 11.7 Å². The number of hydrogen-bond acceptors (Lipinski definition) is 4. The number of benzene rings is 1. The van der Waals surface area contributed by atoms with E-state index in [2.05, 4.69) is 22.2 Å². The number of Topliss-reactive ketones (excluding diaryl/α,β-unsaturated/α-hetero) is 1. The van der Waals surface area contributed by atoms with Gasteiger partial charge in [-0.15, -0.1) is 0 Å². The van der Waals surface area contributed by atoms with Gasteiger partial charge in [0.2, 0.25) is 0 Å². The second kappa shape index (κ2) is 5.31. The van der Waals surface area contributed by atoms with Gasteiger partial charge < -0.3 is 15.1 Å². The SMILES string of the molecule is CN1CCCC(N(C)c2cc3c(cc2Cl)C(=O)C(=O)N3)C1. The van der Waals surface area contributed by atoms with Crippen LogP contribution in [-0.2, 0) is 4.79 Å². The first-order valence-corrected chi connectivity index (χ1v) is 7.46. The van der Waals surface area contributed by atoms with Crippen molar-refractivity contribution in [1.29, 1.82) is 0 Å². The van der Waals surface area contributed by atoms with Crippen molar-refractivity contribution in [3.05, 3.63) is 22.7 Å². The summed E-state index contributed by atoms with van der Waals surface area (Å²) in [5.41, 5.74) is 1.77. The molecule has 1 unspecified atom stereocenters. The molecule has 2 aliphatic rings. The third-order valence-corrected chi connectivity index (χ3v) is 4.62. The molecule has 1 N–H and O–H groups in total. The third kappa shape index (κ3) is 2.51. The van der Waals surface area contributed by atoms with Crippen molar-refractivity contribution < 1.29 is 9.59 Å². The largest absolute Gasteiger partial charge is 0.369 e. The molecule has 1 atom stereocenters. The predicted octanol–water partition coefficient (Wildman–Crippen LogP) is 2.01. The number of hydrogen-bond donors (Lipinski definition) is 1. The molecular formula is C15H18ClN3O2. The topological polar surface area (TPSA) is 52.7 Å². The highest BCUT2D eigenvalue weighted by atomic mass is 35.5. The average Bonchev–Trinajstić information content (AvgIpc) is 2.73. The Morgan fingerprint density at radius 3 is 2.86 bits per heavy atom. The van der Waals surface area contributed by atoms with Gasteiger partial charge in [-0.3, -0.25) is 9.59 Å². The summed E-state index contributed by atoms with van der Waals surface area (Å²) in [5, 5.41) is 3.11. The molecule has 2 heterocycles. The third-order valence-electron chi connectivity index (χ3n) is 4.31. The molecule has 1 amide bonds. The summed E-state index contributed by atoms with van der Waals surface area (Å²) in [6.07, 6.45) is 2.27. The second-order valence-corrected chi connectivity index (χ2v) is 6.21. The van der Waals surface area contributed by atoms with E-state index in [9.17, 15) is 9.59 Å². The van der Waals surface area contributed by atoms with Crippen LogP contribution in [0.3, 0.4) is 0 Å². The van der Waals surface area contributed by atoms with Crippen LogP contribution in [0.4, 0.5) is 11.4 Å². The number of likely N-dealkylation sites (tertiary alicyclic amines) is 1. The molecule has 1 fully saturated rings. The maximum Gasteiger partial charge on any atom is 0.296 e. The number of likely N-dealkylation sites (N-methyl/N-ethyl adjacent to an activating group) is 2. The van der Waals surface area contributed by atoms with E-state index < -0.39 is 11.7 Å². The van der Waals surface area contributed by atoms with Gasteiger partial charge in [-0.2, -0.15) is 0 Å². The van der Waals surface area contributed by atoms with Gasteiger partial charge >= 0.3 is 0 Å². The lowest BCUT2D eigenvalue weighted by Crippen LogP contribution is -2.45. The van der Waals surface area contributed by atoms with Crippen LogP contribution in [-0.4, -0.2) is 49.8 Å². The Bertz CT molecular complexity index is 617. The van der Waals surface area contributed by atoms with Gasteiger partial charge in [0.1, 0.15) is 0 Å². The van der Waals surface area contributed by atoms with Crippen LogP contribution in [0.25, 0.3) is 0 Å². The lowest BCUT2D eigenvalue weighted by atomic mass is 10.0. The Balaban J connectivity index is 1.91. The standard InChI is InChI=1S/C15H18ClN3O2/c1-18-5-3-4-9(8-18)19(2)13-7-12-10(6-11(13)16)14(20)15(21)17-12/h6-7,9H,3-5,8H2,1-2H3,(H,17,20,21). The molecular weight excluding hydrogens is 290 g/mol. The molecule has 3 rings (SSSR count). The van der Waals surface area contributed by atoms with Crippen LogP contribution in [0.2, 0.25) is 5.02 Å². The normalized spacial score (nSPS) is 22.1. The van der Waals surface area contributed by atoms with Crippen LogP contribution in [0.15, 0.2) is 12.1 Å². The number of piperidine rings is 1. The lowest BCUT2D eigenvalue weighted by Gasteiger charge is -2.37. The van der Waals surface area contributed by atoms with Gasteiger partial charge in [-0.05, 0) is 38.6 Å². The minimum atomic E-state index is -0.585. The number of amides is 1. The van der Waals surface area contributed by atoms with Crippen molar-refractivity contribution in [2.45, 2.75) is 18.9 Å². The molecule has 1 aromatic carbocycles. The molecule has 0 aliphatic carbocycles. The fraction of sp³-hybridized carbons (Fsp3) is 0.467. The molecule has 0 saturated carbocycles. The molecule has 1 aromatic rings. The predicted molar refractivity (Wildman–Crippen MR) is 83.3 cm³/mol. The molecule has 6 heteroatoms. The first-order chi connectivity index (χ1) is 9.97. The van der Waals surface area contributed by atoms with E-state index in [-0.39, 0.29) is 0 Å². The van der Waals surface area contributed by atoms with Gasteiger partial charge in [-0.1, -0.05) is 11.6 Å². The van der Waals surface area contributed by atoms with Crippen molar-refractivity contribution in [1.82, 2.24) is 4.90 Å². The van der Waals surface area contributed by atoms with Crippen molar-refractivity contribution in [3.8, 4) is 0 Å². The molecule has 5 nitrogen and oxygen atoms in total. The van der Waals surface area contributed by atoms with Crippen LogP contribution >= 0.6 is 11.6 Å². The van der Waals surface area contributed by atoms with E-state index in [1.807, 2.05) is 7.05 Å². The Morgan fingerprint density at radius 1 is 1.38 bits per heavy atom. The second-order valence-electron chi connectivity index (χ2n) is 5.80. The molecule has 0 bridgehead atoms. The van der Waals surface area contributed by atoms with E-state index >= 15 is 0 Å². The minimum Gasteiger partial charge on any atom is -0.369 e. The molecule has 21 heavy (non-hydrogen) atoms. The number of nitrogens with one attached hydrogen (secondary N) is 1. The van der Waals surface area contributed by atoms with Crippen LogP contribution in [0, 0.1) is 0 Å². The zero-order valence-electron chi connectivity index (χ0n) is 12.1. The van der Waals surface area contributed by atoms with Gasteiger partial charge in [0.05, 0.1) is 22.0 Å². The fourth-order valence-corrected chi connectivity index (χ4v) is 3.37. The number of carbonyl (C=O) groups is 2. The average molecular weight is 308 g/mol. The van der Waals surface area contributed by atoms with Gasteiger partial charge in [0, 0.05) is 19.6 Å². The highest BCUT2D eigenvalue weighted by Gasteiger charge is 2.30. The number of nitrogens with zero attached hydrogens (tertiary/aromatic N) is 2. The van der Waals surface area contributed by atoms with E-state index in [4.69, 9.17) is 11.6 Å². The molecule has 1 saturated heterocycles. The number of ketones is 1. The molecule has 0 spiro atoms. The first kappa shape index (κ1) is 14.4. The minimum absolute atomic E-state index is 0.364. The summed E-state index contributed by atoms with van der Waals surface area (Å²) in [5.74, 6) is -1.10. The highest BCUT2D eigenvalue weighted by Crippen LogP contribution is 2.36. The van der Waals surface area contributed by atoms with Crippen molar-refractivity contribution in [3.63, 3.8) is 0 Å². The number of carbonyl (C=O) groups excluding carboxylic acids is 2. The quantitative estimate of drug-likeness (QED) is 0.849. The maximum atomic E-state index is 11.7. The van der Waals surface area contributed by atoms with E-state index in [1.165, 1.54) is 0 Å². The summed E-state index contributed by atoms with van der Waals surface area (Å²) in [6, 6.07) is 3.78. The fourth-order valence-electron chi connectivity index (χ4n) is 3.08. The zero-order chi connectivity index (χ0) is 15.1. The molecule has 0 aromatic heterocycles. The Morgan fingerprint density at radius 2 is 2.14 bits per heavy atom. The Kier molecular flexibility index (Phi) is 3.63. The van der Waals surface area contributed by atoms with Crippen molar-refractivity contribution in [2.75, 3.05) is 37.4 Å². The number of fused-ring (bicyclic) bond motifs is 1. The molecule has 2 aliphatic heterocycles. The van der Waals surface area contributed by atoms with Crippen LogP contribution in [0.5, 0.6) is 0 Å². The number of rotatable bonds is 2. The van der Waals surface area contributed by atoms with Gasteiger partial charge in [-0.25, -0.2) is 0 Å². The van der Waals surface area contributed by atoms with Crippen LogP contribution in [0.1, 0.15) is 23.2 Å². The highest BCUT2D eigenvalue weighted by molar-refractivity contribution is 6.52. The van der Waals surface area contributed by atoms with Crippen molar-refractivity contribution >= 4 is 34.7 Å². The summed E-state index contributed by atoms with van der Waals surface area (Å²) < 4.78 is 0.